The van der Waals surface area contributed by atoms with Crippen molar-refractivity contribution in [2.24, 2.45) is 0 Å². The molecule has 25 heavy (non-hydrogen) atoms. The summed E-state index contributed by atoms with van der Waals surface area (Å²) >= 11 is 5.97. The van der Waals surface area contributed by atoms with E-state index in [1.807, 2.05) is 6.07 Å². The zero-order chi connectivity index (χ0) is 17.4. The molecule has 130 valence electrons. The summed E-state index contributed by atoms with van der Waals surface area (Å²) in [6.07, 6.45) is 4.62. The lowest BCUT2D eigenvalue weighted by molar-refractivity contribution is 0.107. The van der Waals surface area contributed by atoms with Crippen molar-refractivity contribution in [1.29, 1.82) is 0 Å². The van der Waals surface area contributed by atoms with Gasteiger partial charge in [-0.05, 0) is 18.6 Å². The van der Waals surface area contributed by atoms with E-state index in [0.717, 1.165) is 11.1 Å². The Labute approximate surface area is 147 Å². The van der Waals surface area contributed by atoms with Gasteiger partial charge in [-0.15, -0.1) is 0 Å². The molecule has 0 bridgehead atoms. The van der Waals surface area contributed by atoms with E-state index in [0.29, 0.717) is 29.5 Å². The Bertz CT molecular complexity index is 899. The molecule has 1 fully saturated rings. The summed E-state index contributed by atoms with van der Waals surface area (Å²) in [6, 6.07) is 2.76. The van der Waals surface area contributed by atoms with E-state index in [9.17, 15) is 8.78 Å². The first-order chi connectivity index (χ1) is 12.1. The molecule has 0 amide bonds. The van der Waals surface area contributed by atoms with E-state index in [4.69, 9.17) is 11.6 Å². The number of anilines is 1. The number of hydrogen-bond donors (Lipinski definition) is 2. The van der Waals surface area contributed by atoms with Crippen LogP contribution in [0.5, 0.6) is 0 Å². The topological polar surface area (TPSA) is 67.1 Å². The van der Waals surface area contributed by atoms with Crippen LogP contribution in [0.3, 0.4) is 0 Å². The SMILES string of the molecule is FC(F)[C@@H]1C[C@@H](Nc2cncc(-c3cnn4cc(Cl)ccc34)n2)CN1. The van der Waals surface area contributed by atoms with Gasteiger partial charge in [-0.25, -0.2) is 18.3 Å². The lowest BCUT2D eigenvalue weighted by Crippen LogP contribution is -2.28. The Kier molecular flexibility index (Phi) is 4.22. The van der Waals surface area contributed by atoms with Crippen molar-refractivity contribution in [2.45, 2.75) is 24.9 Å². The second kappa shape index (κ2) is 6.53. The molecule has 2 N–H and O–H groups in total. The molecular formula is C16H15ClF2N6. The third kappa shape index (κ3) is 3.27. The highest BCUT2D eigenvalue weighted by molar-refractivity contribution is 6.30. The summed E-state index contributed by atoms with van der Waals surface area (Å²) in [6.45, 7) is 0.468. The number of pyridine rings is 1. The van der Waals surface area contributed by atoms with Gasteiger partial charge in [-0.2, -0.15) is 5.10 Å². The number of aromatic nitrogens is 4. The lowest BCUT2D eigenvalue weighted by Gasteiger charge is -2.13. The van der Waals surface area contributed by atoms with E-state index < -0.39 is 12.5 Å². The number of fused-ring (bicyclic) bond motifs is 1. The van der Waals surface area contributed by atoms with Crippen molar-refractivity contribution < 1.29 is 8.78 Å². The predicted octanol–water partition coefficient (Wildman–Crippen LogP) is 2.85. The molecule has 2 atom stereocenters. The maximum Gasteiger partial charge on any atom is 0.253 e. The summed E-state index contributed by atoms with van der Waals surface area (Å²) in [5, 5.41) is 10.8. The normalized spacial score (nSPS) is 20.5. The Balaban J connectivity index is 1.57. The first-order valence-electron chi connectivity index (χ1n) is 7.83. The van der Waals surface area contributed by atoms with Crippen molar-refractivity contribution in [3.63, 3.8) is 0 Å². The highest BCUT2D eigenvalue weighted by atomic mass is 35.5. The van der Waals surface area contributed by atoms with Crippen molar-refractivity contribution in [2.75, 3.05) is 11.9 Å². The largest absolute Gasteiger partial charge is 0.365 e. The van der Waals surface area contributed by atoms with Gasteiger partial charge >= 0.3 is 0 Å². The molecule has 0 unspecified atom stereocenters. The van der Waals surface area contributed by atoms with Crippen LogP contribution < -0.4 is 10.6 Å². The number of rotatable bonds is 4. The highest BCUT2D eigenvalue weighted by Crippen LogP contribution is 2.25. The summed E-state index contributed by atoms with van der Waals surface area (Å²) in [4.78, 5) is 8.75. The Morgan fingerprint density at radius 1 is 1.28 bits per heavy atom. The first kappa shape index (κ1) is 16.2. The monoisotopic (exact) mass is 364 g/mol. The summed E-state index contributed by atoms with van der Waals surface area (Å²) < 4.78 is 27.2. The van der Waals surface area contributed by atoms with Crippen LogP contribution in [0.4, 0.5) is 14.6 Å². The van der Waals surface area contributed by atoms with Gasteiger partial charge in [-0.1, -0.05) is 11.6 Å². The van der Waals surface area contributed by atoms with Crippen molar-refractivity contribution in [3.05, 3.63) is 41.9 Å². The fraction of sp³-hybridized carbons (Fsp3) is 0.312. The molecule has 3 aromatic rings. The van der Waals surface area contributed by atoms with Crippen molar-refractivity contribution in [1.82, 2.24) is 24.9 Å². The number of nitrogens with one attached hydrogen (secondary N) is 2. The number of nitrogens with zero attached hydrogens (tertiary/aromatic N) is 4. The van der Waals surface area contributed by atoms with Gasteiger partial charge in [-0.3, -0.25) is 4.98 Å². The van der Waals surface area contributed by atoms with E-state index in [-0.39, 0.29) is 6.04 Å². The molecule has 1 aliphatic rings. The molecule has 0 radical (unpaired) electrons. The predicted molar refractivity (Wildman–Crippen MR) is 91.1 cm³/mol. The van der Waals surface area contributed by atoms with Crippen LogP contribution in [0.25, 0.3) is 16.8 Å². The van der Waals surface area contributed by atoms with Gasteiger partial charge in [0, 0.05) is 24.3 Å². The Morgan fingerprint density at radius 3 is 2.96 bits per heavy atom. The molecule has 0 aliphatic carbocycles. The second-order valence-electron chi connectivity index (χ2n) is 5.95. The van der Waals surface area contributed by atoms with Crippen LogP contribution in [0.15, 0.2) is 36.9 Å². The van der Waals surface area contributed by atoms with Gasteiger partial charge < -0.3 is 10.6 Å². The average molecular weight is 365 g/mol. The minimum absolute atomic E-state index is 0.105. The fourth-order valence-electron chi connectivity index (χ4n) is 3.00. The zero-order valence-electron chi connectivity index (χ0n) is 13.0. The van der Waals surface area contributed by atoms with Gasteiger partial charge in [0.05, 0.1) is 40.9 Å². The van der Waals surface area contributed by atoms with Gasteiger partial charge in [0.1, 0.15) is 5.82 Å². The molecule has 9 heteroatoms. The zero-order valence-corrected chi connectivity index (χ0v) is 13.8. The maximum atomic E-state index is 12.7. The fourth-order valence-corrected chi connectivity index (χ4v) is 3.16. The molecule has 6 nitrogen and oxygen atoms in total. The summed E-state index contributed by atoms with van der Waals surface area (Å²) in [5.41, 5.74) is 2.33. The molecule has 3 aromatic heterocycles. The standard InChI is InChI=1S/C16H15ClF2N6/c17-9-1-2-14-11(5-22-25(14)8-9)13-6-20-7-15(24-13)23-10-3-12(16(18)19)21-4-10/h1-2,5-8,10,12,16,21H,3-4H2,(H,23,24)/t10-,12+/m1/s1. The number of halogens is 3. The van der Waals surface area contributed by atoms with Crippen LogP contribution in [0.1, 0.15) is 6.42 Å². The number of alkyl halides is 2. The van der Waals surface area contributed by atoms with E-state index in [1.165, 1.54) is 0 Å². The van der Waals surface area contributed by atoms with Crippen molar-refractivity contribution >= 4 is 22.9 Å². The van der Waals surface area contributed by atoms with E-state index in [1.54, 1.807) is 35.4 Å². The summed E-state index contributed by atoms with van der Waals surface area (Å²) in [7, 11) is 0. The maximum absolute atomic E-state index is 12.7. The van der Waals surface area contributed by atoms with Crippen LogP contribution in [0.2, 0.25) is 5.02 Å². The van der Waals surface area contributed by atoms with E-state index in [2.05, 4.69) is 25.7 Å². The molecular weight excluding hydrogens is 350 g/mol. The average Bonchev–Trinajstić information content (AvgIpc) is 3.21. The van der Waals surface area contributed by atoms with Crippen LogP contribution in [-0.2, 0) is 0 Å². The molecule has 4 rings (SSSR count). The number of hydrogen-bond acceptors (Lipinski definition) is 5. The molecule has 0 spiro atoms. The third-order valence-corrected chi connectivity index (χ3v) is 4.44. The quantitative estimate of drug-likeness (QED) is 0.745. The third-order valence-electron chi connectivity index (χ3n) is 4.21. The molecule has 0 aromatic carbocycles. The Morgan fingerprint density at radius 2 is 2.16 bits per heavy atom. The lowest BCUT2D eigenvalue weighted by atomic mass is 10.2. The summed E-state index contributed by atoms with van der Waals surface area (Å²) in [5.74, 6) is 0.549. The van der Waals surface area contributed by atoms with Crippen LogP contribution >= 0.6 is 11.6 Å². The second-order valence-corrected chi connectivity index (χ2v) is 6.39. The minimum Gasteiger partial charge on any atom is -0.365 e. The Hall–Kier alpha value is -2.32. The van der Waals surface area contributed by atoms with Gasteiger partial charge in [0.2, 0.25) is 0 Å². The smallest absolute Gasteiger partial charge is 0.253 e. The van der Waals surface area contributed by atoms with E-state index >= 15 is 0 Å². The van der Waals surface area contributed by atoms with Crippen molar-refractivity contribution in [3.8, 4) is 11.3 Å². The molecule has 1 saturated heterocycles. The van der Waals surface area contributed by atoms with Gasteiger partial charge in [0.25, 0.3) is 6.43 Å². The van der Waals surface area contributed by atoms with Crippen LogP contribution in [-0.4, -0.2) is 44.6 Å². The molecule has 0 saturated carbocycles. The molecule has 1 aliphatic heterocycles. The first-order valence-corrected chi connectivity index (χ1v) is 8.21. The highest BCUT2D eigenvalue weighted by Gasteiger charge is 2.30. The van der Waals surface area contributed by atoms with Crippen LogP contribution in [0, 0.1) is 0 Å². The van der Waals surface area contributed by atoms with Gasteiger partial charge in [0.15, 0.2) is 0 Å². The molecule has 4 heterocycles. The minimum atomic E-state index is -2.37.